The topological polar surface area (TPSA) is 161 Å². The Hall–Kier alpha value is -5.26. The van der Waals surface area contributed by atoms with Crippen molar-refractivity contribution in [2.24, 2.45) is 0 Å². The SMILES string of the molecule is O=C(OC[C@H]1O[C@H](OC(=O)c2ccccc2)[C@@H](OC(=O)c2ccccc2)[C@@H](OC(=O)c2ccccc2)[C@@H]1O[P+](=O)O)c1ccccc1. The molecule has 0 amide bonds. The minimum absolute atomic E-state index is 0.0872. The van der Waals surface area contributed by atoms with Gasteiger partial charge in [0.15, 0.2) is 12.2 Å². The van der Waals surface area contributed by atoms with Gasteiger partial charge in [-0.05, 0) is 48.5 Å². The van der Waals surface area contributed by atoms with Crippen LogP contribution >= 0.6 is 8.25 Å². The van der Waals surface area contributed by atoms with Gasteiger partial charge in [-0.1, -0.05) is 72.8 Å². The molecule has 0 saturated carbocycles. The number of esters is 4. The lowest BCUT2D eigenvalue weighted by Gasteiger charge is -2.42. The van der Waals surface area contributed by atoms with Crippen molar-refractivity contribution < 1.29 is 56.8 Å². The zero-order valence-corrected chi connectivity index (χ0v) is 25.4. The van der Waals surface area contributed by atoms with E-state index in [4.69, 9.17) is 28.2 Å². The number of rotatable bonds is 11. The molecule has 0 spiro atoms. The van der Waals surface area contributed by atoms with Crippen LogP contribution < -0.4 is 0 Å². The summed E-state index contributed by atoms with van der Waals surface area (Å²) < 4.78 is 46.0. The fraction of sp³-hybridized carbons (Fsp3) is 0.176. The number of ether oxygens (including phenoxy) is 5. The van der Waals surface area contributed by atoms with Crippen LogP contribution in [-0.2, 0) is 32.8 Å². The zero-order chi connectivity index (χ0) is 33.2. The first-order chi connectivity index (χ1) is 22.8. The molecule has 1 unspecified atom stereocenters. The molecule has 0 radical (unpaired) electrons. The van der Waals surface area contributed by atoms with Gasteiger partial charge < -0.3 is 23.7 Å². The van der Waals surface area contributed by atoms with Gasteiger partial charge >= 0.3 is 32.1 Å². The van der Waals surface area contributed by atoms with Crippen LogP contribution in [-0.4, -0.2) is 66.1 Å². The van der Waals surface area contributed by atoms with Gasteiger partial charge in [-0.2, -0.15) is 0 Å². The fourth-order valence-corrected chi connectivity index (χ4v) is 5.16. The van der Waals surface area contributed by atoms with Crippen molar-refractivity contribution in [3.8, 4) is 0 Å². The molecule has 5 rings (SSSR count). The molecule has 1 fully saturated rings. The fourth-order valence-electron chi connectivity index (χ4n) is 4.69. The summed E-state index contributed by atoms with van der Waals surface area (Å²) in [6.45, 7) is -0.611. The molecule has 1 N–H and O–H groups in total. The largest absolute Gasteiger partial charge is 0.695 e. The summed E-state index contributed by atoms with van der Waals surface area (Å²) in [5, 5.41) is 0. The first-order valence-electron chi connectivity index (χ1n) is 14.3. The third-order valence-electron chi connectivity index (χ3n) is 6.93. The molecule has 1 heterocycles. The first kappa shape index (κ1) is 33.1. The minimum Gasteiger partial charge on any atom is -0.459 e. The highest BCUT2D eigenvalue weighted by atomic mass is 31.1. The van der Waals surface area contributed by atoms with Crippen LogP contribution in [0, 0.1) is 0 Å². The third kappa shape index (κ3) is 8.72. The predicted octanol–water partition coefficient (Wildman–Crippen LogP) is 4.91. The zero-order valence-electron chi connectivity index (χ0n) is 24.5. The van der Waals surface area contributed by atoms with Gasteiger partial charge in [0.1, 0.15) is 12.7 Å². The lowest BCUT2D eigenvalue weighted by atomic mass is 9.98. The molecule has 0 aliphatic carbocycles. The maximum atomic E-state index is 13.4. The molecule has 1 aliphatic heterocycles. The van der Waals surface area contributed by atoms with Crippen LogP contribution in [0.25, 0.3) is 0 Å². The summed E-state index contributed by atoms with van der Waals surface area (Å²) in [4.78, 5) is 62.6. The molecule has 240 valence electrons. The Balaban J connectivity index is 1.53. The Morgan fingerprint density at radius 1 is 0.553 bits per heavy atom. The number of carbonyl (C=O) groups is 4. The van der Waals surface area contributed by atoms with Crippen LogP contribution in [0.4, 0.5) is 0 Å². The van der Waals surface area contributed by atoms with Gasteiger partial charge in [-0.3, -0.25) is 0 Å². The van der Waals surface area contributed by atoms with E-state index in [9.17, 15) is 28.6 Å². The Kier molecular flexibility index (Phi) is 11.2. The number of carbonyl (C=O) groups excluding carboxylic acids is 4. The van der Waals surface area contributed by atoms with Crippen LogP contribution in [0.1, 0.15) is 41.4 Å². The summed E-state index contributed by atoms with van der Waals surface area (Å²) in [7, 11) is -3.39. The van der Waals surface area contributed by atoms with E-state index in [0.29, 0.717) is 0 Å². The van der Waals surface area contributed by atoms with Gasteiger partial charge in [0, 0.05) is 4.57 Å². The second-order valence-electron chi connectivity index (χ2n) is 10.1. The normalized spacial score (nSPS) is 20.7. The van der Waals surface area contributed by atoms with Gasteiger partial charge in [-0.15, -0.1) is 9.42 Å². The van der Waals surface area contributed by atoms with E-state index in [1.54, 1.807) is 72.8 Å². The smallest absolute Gasteiger partial charge is 0.459 e. The second kappa shape index (κ2) is 15.8. The Morgan fingerprint density at radius 2 is 0.936 bits per heavy atom. The maximum absolute atomic E-state index is 13.4. The van der Waals surface area contributed by atoms with Gasteiger partial charge in [0.2, 0.25) is 12.4 Å². The van der Waals surface area contributed by atoms with Crippen molar-refractivity contribution in [3.05, 3.63) is 144 Å². The number of benzene rings is 4. The molecule has 0 aromatic heterocycles. The molecule has 47 heavy (non-hydrogen) atoms. The quantitative estimate of drug-likeness (QED) is 0.132. The minimum atomic E-state index is -3.39. The van der Waals surface area contributed by atoms with Crippen molar-refractivity contribution in [3.63, 3.8) is 0 Å². The van der Waals surface area contributed by atoms with Crippen LogP contribution in [0.5, 0.6) is 0 Å². The molecule has 4 aromatic rings. The van der Waals surface area contributed by atoms with Gasteiger partial charge in [0.05, 0.1) is 22.3 Å². The average molecular weight is 660 g/mol. The molecular formula is C34H28O12P+. The van der Waals surface area contributed by atoms with Crippen LogP contribution in [0.15, 0.2) is 121 Å². The van der Waals surface area contributed by atoms with Crippen molar-refractivity contribution in [2.45, 2.75) is 30.7 Å². The molecule has 12 nitrogen and oxygen atoms in total. The summed E-state index contributed by atoms with van der Waals surface area (Å²) in [5.74, 6) is -3.50. The summed E-state index contributed by atoms with van der Waals surface area (Å²) in [6, 6.07) is 31.4. The van der Waals surface area contributed by atoms with Crippen LogP contribution in [0.3, 0.4) is 0 Å². The van der Waals surface area contributed by atoms with Crippen molar-refractivity contribution >= 4 is 32.1 Å². The van der Waals surface area contributed by atoms with E-state index in [1.807, 2.05) is 0 Å². The van der Waals surface area contributed by atoms with Crippen molar-refractivity contribution in [1.82, 2.24) is 0 Å². The lowest BCUT2D eigenvalue weighted by Crippen LogP contribution is -2.62. The van der Waals surface area contributed by atoms with Crippen molar-refractivity contribution in [1.29, 1.82) is 0 Å². The van der Waals surface area contributed by atoms with Crippen LogP contribution in [0.2, 0.25) is 0 Å². The Bertz CT molecular complexity index is 1690. The highest BCUT2D eigenvalue weighted by molar-refractivity contribution is 7.32. The van der Waals surface area contributed by atoms with E-state index >= 15 is 0 Å². The first-order valence-corrected chi connectivity index (χ1v) is 15.4. The Labute approximate surface area is 269 Å². The highest BCUT2D eigenvalue weighted by Gasteiger charge is 2.56. The van der Waals surface area contributed by atoms with Crippen molar-refractivity contribution in [2.75, 3.05) is 6.61 Å². The molecule has 4 aromatic carbocycles. The lowest BCUT2D eigenvalue weighted by molar-refractivity contribution is -0.279. The average Bonchev–Trinajstić information content (AvgIpc) is 3.10. The van der Waals surface area contributed by atoms with E-state index in [1.165, 1.54) is 48.5 Å². The Morgan fingerprint density at radius 3 is 1.36 bits per heavy atom. The number of hydrogen-bond acceptors (Lipinski definition) is 11. The summed E-state index contributed by atoms with van der Waals surface area (Å²) >= 11 is 0. The highest BCUT2D eigenvalue weighted by Crippen LogP contribution is 2.35. The van der Waals surface area contributed by atoms with E-state index in [2.05, 4.69) is 0 Å². The summed E-state index contributed by atoms with van der Waals surface area (Å²) in [5.41, 5.74) is 0.497. The second-order valence-corrected chi connectivity index (χ2v) is 10.7. The maximum Gasteiger partial charge on any atom is 0.695 e. The van der Waals surface area contributed by atoms with E-state index in [-0.39, 0.29) is 22.3 Å². The van der Waals surface area contributed by atoms with Gasteiger partial charge in [0.25, 0.3) is 0 Å². The summed E-state index contributed by atoms with van der Waals surface area (Å²) in [6.07, 6.45) is -8.36. The predicted molar refractivity (Wildman–Crippen MR) is 163 cm³/mol. The molecule has 0 bridgehead atoms. The standard InChI is InChI=1S/C34H27O12P/c35-30(22-13-5-1-6-14-22)41-21-26-27(46-47(39)40)28(43-31(36)23-15-7-2-8-16-23)29(44-32(37)24-17-9-3-10-18-24)34(42-26)45-33(38)25-19-11-4-12-20-25/h1-20,26-29,34H,21H2/p+1/t26-,27-,28+,29+,34-/m1/s1. The van der Waals surface area contributed by atoms with Gasteiger partial charge in [-0.25, -0.2) is 19.2 Å². The third-order valence-corrected chi connectivity index (χ3v) is 7.35. The van der Waals surface area contributed by atoms with E-state index < -0.39 is 69.4 Å². The molecule has 1 saturated heterocycles. The molecule has 6 atom stereocenters. The molecular weight excluding hydrogens is 631 g/mol. The monoisotopic (exact) mass is 659 g/mol. The molecule has 1 aliphatic rings. The number of hydrogen-bond donors (Lipinski definition) is 1. The van der Waals surface area contributed by atoms with E-state index in [0.717, 1.165) is 0 Å². The molecule has 13 heteroatoms.